The molecule has 0 bridgehead atoms. The largest absolute Gasteiger partial charge is 0.348 e. The average Bonchev–Trinajstić information content (AvgIpc) is 2.92. The molecular weight excluding hydrogens is 392 g/mol. The minimum absolute atomic E-state index is 0.0388. The zero-order chi connectivity index (χ0) is 21.8. The Morgan fingerprint density at radius 2 is 1.76 bits per heavy atom. The molecule has 0 saturated carbocycles. The van der Waals surface area contributed by atoms with Crippen LogP contribution in [0.2, 0.25) is 0 Å². The van der Waals surface area contributed by atoms with Gasteiger partial charge in [-0.2, -0.15) is 4.31 Å². The molecule has 0 aliphatic carbocycles. The van der Waals surface area contributed by atoms with Crippen molar-refractivity contribution in [2.45, 2.75) is 31.2 Å². The lowest BCUT2D eigenvalue weighted by atomic mass is 10.2. The van der Waals surface area contributed by atoms with Gasteiger partial charge < -0.3 is 9.80 Å². The van der Waals surface area contributed by atoms with Gasteiger partial charge in [0, 0.05) is 58.9 Å². The van der Waals surface area contributed by atoms with Crippen LogP contribution in [0.25, 0.3) is 0 Å². The Hall–Kier alpha value is -1.97. The molecule has 9 heteroatoms. The second-order valence-corrected chi connectivity index (χ2v) is 9.85. The second kappa shape index (κ2) is 9.69. The summed E-state index contributed by atoms with van der Waals surface area (Å²) in [6.07, 6.45) is 0.764. The summed E-state index contributed by atoms with van der Waals surface area (Å²) in [5.74, 6) is -0.146. The van der Waals surface area contributed by atoms with E-state index in [-0.39, 0.29) is 22.8 Å². The lowest BCUT2D eigenvalue weighted by Crippen LogP contribution is -2.39. The van der Waals surface area contributed by atoms with E-state index < -0.39 is 10.0 Å². The molecule has 1 aliphatic heterocycles. The summed E-state index contributed by atoms with van der Waals surface area (Å²) in [7, 11) is 1.34. The van der Waals surface area contributed by atoms with Crippen LogP contribution < -0.4 is 0 Å². The highest BCUT2D eigenvalue weighted by Gasteiger charge is 2.26. The maximum Gasteiger partial charge on any atom is 0.253 e. The summed E-state index contributed by atoms with van der Waals surface area (Å²) in [5, 5.41) is 0. The molecule has 0 radical (unpaired) electrons. The van der Waals surface area contributed by atoms with Crippen LogP contribution in [0.5, 0.6) is 0 Å². The zero-order valence-electron chi connectivity index (χ0n) is 18.0. The van der Waals surface area contributed by atoms with E-state index in [1.165, 1.54) is 23.5 Å². The average molecular weight is 425 g/mol. The number of hydrogen-bond acceptors (Lipinski definition) is 5. The van der Waals surface area contributed by atoms with Crippen LogP contribution in [0.3, 0.4) is 0 Å². The number of likely N-dealkylation sites (N-methyl/N-ethyl adjacent to an activating group) is 1. The Morgan fingerprint density at radius 1 is 1.07 bits per heavy atom. The summed E-state index contributed by atoms with van der Waals surface area (Å²) in [5.41, 5.74) is 0.362. The molecule has 1 aliphatic rings. The number of benzene rings is 1. The normalized spacial score (nSPS) is 16.2. The van der Waals surface area contributed by atoms with E-state index in [1.807, 2.05) is 4.90 Å². The van der Waals surface area contributed by atoms with Crippen molar-refractivity contribution in [2.24, 2.45) is 0 Å². The SMILES string of the molecule is CC(C)N(C)S(=O)(=O)c1cccc(C(=O)N2CCCN(CC(=O)N(C)C)CC2)c1. The van der Waals surface area contributed by atoms with Gasteiger partial charge in [-0.25, -0.2) is 8.42 Å². The number of hydrogen-bond donors (Lipinski definition) is 0. The Morgan fingerprint density at radius 3 is 2.38 bits per heavy atom. The van der Waals surface area contributed by atoms with E-state index in [4.69, 9.17) is 0 Å². The topological polar surface area (TPSA) is 81.2 Å². The monoisotopic (exact) mass is 424 g/mol. The smallest absolute Gasteiger partial charge is 0.253 e. The first-order chi connectivity index (χ1) is 13.5. The van der Waals surface area contributed by atoms with Crippen LogP contribution in [0, 0.1) is 0 Å². The Kier molecular flexibility index (Phi) is 7.79. The van der Waals surface area contributed by atoms with Crippen LogP contribution in [0.15, 0.2) is 29.2 Å². The fourth-order valence-electron chi connectivity index (χ4n) is 3.08. The molecule has 0 spiro atoms. The van der Waals surface area contributed by atoms with Crippen LogP contribution in [0.4, 0.5) is 0 Å². The molecule has 2 amide bonds. The molecule has 8 nitrogen and oxygen atoms in total. The third kappa shape index (κ3) is 5.77. The molecule has 1 heterocycles. The lowest BCUT2D eigenvalue weighted by Gasteiger charge is -2.23. The number of nitrogens with zero attached hydrogens (tertiary/aromatic N) is 4. The fourth-order valence-corrected chi connectivity index (χ4v) is 4.49. The zero-order valence-corrected chi connectivity index (χ0v) is 18.8. The predicted molar refractivity (Wildman–Crippen MR) is 112 cm³/mol. The first-order valence-corrected chi connectivity index (χ1v) is 11.3. The van der Waals surface area contributed by atoms with Gasteiger partial charge in [0.05, 0.1) is 11.4 Å². The van der Waals surface area contributed by atoms with Gasteiger partial charge >= 0.3 is 0 Å². The molecule has 29 heavy (non-hydrogen) atoms. The predicted octanol–water partition coefficient (Wildman–Crippen LogP) is 0.952. The van der Waals surface area contributed by atoms with Crippen molar-refractivity contribution in [3.63, 3.8) is 0 Å². The summed E-state index contributed by atoms with van der Waals surface area (Å²) in [6, 6.07) is 6.04. The molecule has 0 atom stereocenters. The number of sulfonamides is 1. The van der Waals surface area contributed by atoms with E-state index in [9.17, 15) is 18.0 Å². The molecule has 0 aromatic heterocycles. The van der Waals surface area contributed by atoms with Gasteiger partial charge in [-0.15, -0.1) is 0 Å². The number of amides is 2. The van der Waals surface area contributed by atoms with Gasteiger partial charge in [-0.3, -0.25) is 14.5 Å². The molecule has 1 aromatic carbocycles. The highest BCUT2D eigenvalue weighted by molar-refractivity contribution is 7.89. The van der Waals surface area contributed by atoms with Gasteiger partial charge in [0.25, 0.3) is 5.91 Å². The van der Waals surface area contributed by atoms with E-state index in [0.717, 1.165) is 13.0 Å². The van der Waals surface area contributed by atoms with Crippen LogP contribution >= 0.6 is 0 Å². The first kappa shape index (κ1) is 23.3. The van der Waals surface area contributed by atoms with Crippen molar-refractivity contribution in [1.82, 2.24) is 19.0 Å². The Bertz CT molecular complexity index is 839. The lowest BCUT2D eigenvalue weighted by molar-refractivity contribution is -0.129. The molecule has 0 N–H and O–H groups in total. The number of rotatable bonds is 6. The van der Waals surface area contributed by atoms with Crippen LogP contribution in [0.1, 0.15) is 30.6 Å². The fraction of sp³-hybridized carbons (Fsp3) is 0.600. The second-order valence-electron chi connectivity index (χ2n) is 7.85. The Balaban J connectivity index is 2.12. The summed E-state index contributed by atoms with van der Waals surface area (Å²) in [6.45, 7) is 6.38. The van der Waals surface area contributed by atoms with Crippen LogP contribution in [-0.2, 0) is 14.8 Å². The van der Waals surface area contributed by atoms with Gasteiger partial charge in [0.1, 0.15) is 0 Å². The number of carbonyl (C=O) groups excluding carboxylic acids is 2. The quantitative estimate of drug-likeness (QED) is 0.679. The van der Waals surface area contributed by atoms with Crippen molar-refractivity contribution >= 4 is 21.8 Å². The van der Waals surface area contributed by atoms with E-state index in [0.29, 0.717) is 31.7 Å². The Labute approximate surface area is 174 Å². The molecule has 1 fully saturated rings. The van der Waals surface area contributed by atoms with Crippen molar-refractivity contribution < 1.29 is 18.0 Å². The minimum atomic E-state index is -3.65. The van der Waals surface area contributed by atoms with Crippen molar-refractivity contribution in [2.75, 3.05) is 53.9 Å². The third-order valence-electron chi connectivity index (χ3n) is 5.22. The first-order valence-electron chi connectivity index (χ1n) is 9.84. The van der Waals surface area contributed by atoms with Gasteiger partial charge in [-0.05, 0) is 38.5 Å². The summed E-state index contributed by atoms with van der Waals surface area (Å²) < 4.78 is 26.8. The molecular formula is C20H32N4O4S. The van der Waals surface area contributed by atoms with Crippen molar-refractivity contribution in [3.05, 3.63) is 29.8 Å². The summed E-state index contributed by atoms with van der Waals surface area (Å²) in [4.78, 5) is 30.4. The van der Waals surface area contributed by atoms with Crippen LogP contribution in [-0.4, -0.2) is 99.1 Å². The molecule has 1 saturated heterocycles. The van der Waals surface area contributed by atoms with Gasteiger partial charge in [0.2, 0.25) is 15.9 Å². The maximum absolute atomic E-state index is 13.0. The molecule has 2 rings (SSSR count). The molecule has 1 aromatic rings. The third-order valence-corrected chi connectivity index (χ3v) is 7.25. The standard InChI is InChI=1S/C20H32N4O4S/c1-16(2)22(5)29(27,28)18-9-6-8-17(14-18)20(26)24-11-7-10-23(12-13-24)15-19(25)21(3)4/h6,8-9,14,16H,7,10-13,15H2,1-5H3. The van der Waals surface area contributed by atoms with E-state index >= 15 is 0 Å². The van der Waals surface area contributed by atoms with E-state index in [1.54, 1.807) is 49.9 Å². The van der Waals surface area contributed by atoms with Crippen molar-refractivity contribution in [1.29, 1.82) is 0 Å². The molecule has 0 unspecified atom stereocenters. The van der Waals surface area contributed by atoms with E-state index in [2.05, 4.69) is 0 Å². The molecule has 162 valence electrons. The van der Waals surface area contributed by atoms with Gasteiger partial charge in [0.15, 0.2) is 0 Å². The maximum atomic E-state index is 13.0. The highest BCUT2D eigenvalue weighted by Crippen LogP contribution is 2.19. The number of carbonyl (C=O) groups is 2. The van der Waals surface area contributed by atoms with Crippen molar-refractivity contribution in [3.8, 4) is 0 Å². The van der Waals surface area contributed by atoms with Gasteiger partial charge in [-0.1, -0.05) is 6.07 Å². The summed E-state index contributed by atoms with van der Waals surface area (Å²) >= 11 is 0. The highest BCUT2D eigenvalue weighted by atomic mass is 32.2. The minimum Gasteiger partial charge on any atom is -0.348 e.